The Morgan fingerprint density at radius 2 is 2.39 bits per heavy atom. The lowest BCUT2D eigenvalue weighted by Gasteiger charge is -2.18. The first-order chi connectivity index (χ1) is 8.79. The molecule has 1 aliphatic carbocycles. The number of hydrogen-bond acceptors (Lipinski definition) is 3. The molecule has 0 radical (unpaired) electrons. The molecule has 1 atom stereocenters. The molecule has 2 rings (SSSR count). The molecule has 1 aromatic rings. The summed E-state index contributed by atoms with van der Waals surface area (Å²) in [6.07, 6.45) is 9.35. The lowest BCUT2D eigenvalue weighted by atomic mass is 9.94. The molecule has 0 bridgehead atoms. The minimum atomic E-state index is -0.0401. The number of allylic oxidation sites excluding steroid dienone is 2. The quantitative estimate of drug-likeness (QED) is 0.792. The maximum atomic E-state index is 12.0. The average Bonchev–Trinajstić information content (AvgIpc) is 2.46. The smallest absolute Gasteiger partial charge is 0.251 e. The summed E-state index contributed by atoms with van der Waals surface area (Å²) in [6.45, 7) is 1.10. The van der Waals surface area contributed by atoms with Crippen LogP contribution in [0.25, 0.3) is 0 Å². The highest BCUT2D eigenvalue weighted by Crippen LogP contribution is 2.17. The second-order valence-electron chi connectivity index (χ2n) is 4.60. The van der Waals surface area contributed by atoms with Gasteiger partial charge in [-0.25, -0.2) is 0 Å². The first-order valence-corrected chi connectivity index (χ1v) is 6.38. The molecule has 3 N–H and O–H groups in total. The number of amides is 1. The van der Waals surface area contributed by atoms with E-state index in [9.17, 15) is 4.79 Å². The van der Waals surface area contributed by atoms with Gasteiger partial charge in [0.15, 0.2) is 0 Å². The molecule has 4 heteroatoms. The van der Waals surface area contributed by atoms with Gasteiger partial charge in [0.05, 0.1) is 5.69 Å². The van der Waals surface area contributed by atoms with E-state index in [-0.39, 0.29) is 5.91 Å². The van der Waals surface area contributed by atoms with Crippen molar-refractivity contribution in [2.75, 3.05) is 6.54 Å². The van der Waals surface area contributed by atoms with Gasteiger partial charge in [0.1, 0.15) is 0 Å². The van der Waals surface area contributed by atoms with Crippen molar-refractivity contribution in [3.63, 3.8) is 0 Å². The van der Waals surface area contributed by atoms with Crippen molar-refractivity contribution in [2.45, 2.75) is 25.8 Å². The Balaban J connectivity index is 1.88. The second kappa shape index (κ2) is 6.31. The normalized spacial score (nSPS) is 18.6. The molecule has 1 amide bonds. The minimum absolute atomic E-state index is 0.0401. The van der Waals surface area contributed by atoms with Gasteiger partial charge in [0.25, 0.3) is 5.91 Å². The molecule has 4 nitrogen and oxygen atoms in total. The Hall–Kier alpha value is -1.68. The molecule has 1 aromatic heterocycles. The van der Waals surface area contributed by atoms with Crippen LogP contribution in [-0.2, 0) is 6.54 Å². The van der Waals surface area contributed by atoms with Crippen LogP contribution >= 0.6 is 0 Å². The van der Waals surface area contributed by atoms with Crippen molar-refractivity contribution in [1.82, 2.24) is 10.3 Å². The summed E-state index contributed by atoms with van der Waals surface area (Å²) >= 11 is 0. The van der Waals surface area contributed by atoms with Crippen LogP contribution in [0.4, 0.5) is 0 Å². The summed E-state index contributed by atoms with van der Waals surface area (Å²) in [5.74, 6) is 0.524. The number of carbonyl (C=O) groups excluding carboxylic acids is 1. The predicted octanol–water partition coefficient (Wildman–Crippen LogP) is 1.63. The largest absolute Gasteiger partial charge is 0.352 e. The van der Waals surface area contributed by atoms with E-state index in [1.807, 2.05) is 0 Å². The Kier molecular flexibility index (Phi) is 4.47. The fourth-order valence-corrected chi connectivity index (χ4v) is 2.11. The van der Waals surface area contributed by atoms with Crippen molar-refractivity contribution in [3.8, 4) is 0 Å². The van der Waals surface area contributed by atoms with Crippen LogP contribution in [0.2, 0.25) is 0 Å². The van der Waals surface area contributed by atoms with Crippen molar-refractivity contribution in [1.29, 1.82) is 0 Å². The van der Waals surface area contributed by atoms with Gasteiger partial charge < -0.3 is 11.1 Å². The Morgan fingerprint density at radius 3 is 3.11 bits per heavy atom. The molecule has 1 heterocycles. The van der Waals surface area contributed by atoms with Crippen LogP contribution in [0.15, 0.2) is 30.5 Å². The number of aromatic nitrogens is 1. The van der Waals surface area contributed by atoms with Gasteiger partial charge in [0.2, 0.25) is 0 Å². The van der Waals surface area contributed by atoms with E-state index in [4.69, 9.17) is 5.73 Å². The Bertz CT molecular complexity index is 442. The van der Waals surface area contributed by atoms with Crippen molar-refractivity contribution < 1.29 is 4.79 Å². The predicted molar refractivity (Wildman–Crippen MR) is 70.9 cm³/mol. The SMILES string of the molecule is NCc1cc(C(=O)NCC2CC=CCC2)ccn1. The zero-order valence-corrected chi connectivity index (χ0v) is 10.4. The molecule has 0 spiro atoms. The van der Waals surface area contributed by atoms with E-state index in [1.54, 1.807) is 18.3 Å². The lowest BCUT2D eigenvalue weighted by Crippen LogP contribution is -2.29. The summed E-state index contributed by atoms with van der Waals surface area (Å²) < 4.78 is 0. The van der Waals surface area contributed by atoms with E-state index in [2.05, 4.69) is 22.5 Å². The molecule has 1 unspecified atom stereocenters. The van der Waals surface area contributed by atoms with Crippen LogP contribution in [0.1, 0.15) is 35.3 Å². The van der Waals surface area contributed by atoms with Gasteiger partial charge in [-0.1, -0.05) is 12.2 Å². The van der Waals surface area contributed by atoms with Crippen LogP contribution in [0.5, 0.6) is 0 Å². The number of hydrogen-bond donors (Lipinski definition) is 2. The highest BCUT2D eigenvalue weighted by Gasteiger charge is 2.12. The number of nitrogens with one attached hydrogen (secondary N) is 1. The van der Waals surface area contributed by atoms with Gasteiger partial charge >= 0.3 is 0 Å². The van der Waals surface area contributed by atoms with E-state index >= 15 is 0 Å². The van der Waals surface area contributed by atoms with Crippen LogP contribution in [0, 0.1) is 5.92 Å². The molecule has 0 aliphatic heterocycles. The third-order valence-electron chi connectivity index (χ3n) is 3.22. The van der Waals surface area contributed by atoms with Crippen molar-refractivity contribution in [3.05, 3.63) is 41.7 Å². The van der Waals surface area contributed by atoms with E-state index in [0.717, 1.165) is 31.5 Å². The number of rotatable bonds is 4. The van der Waals surface area contributed by atoms with Crippen LogP contribution in [-0.4, -0.2) is 17.4 Å². The molecular formula is C14H19N3O. The molecule has 0 saturated heterocycles. The Morgan fingerprint density at radius 1 is 1.50 bits per heavy atom. The number of nitrogens with zero attached hydrogens (tertiary/aromatic N) is 1. The van der Waals surface area contributed by atoms with E-state index in [1.165, 1.54) is 0 Å². The third-order valence-corrected chi connectivity index (χ3v) is 3.22. The standard InChI is InChI=1S/C14H19N3O/c15-9-13-8-12(6-7-16-13)14(18)17-10-11-4-2-1-3-5-11/h1-2,6-8,11H,3-5,9-10,15H2,(H,17,18). The number of carbonyl (C=O) groups is 1. The van der Waals surface area contributed by atoms with Gasteiger partial charge in [-0.05, 0) is 37.3 Å². The number of nitrogens with two attached hydrogens (primary N) is 1. The van der Waals surface area contributed by atoms with Crippen molar-refractivity contribution in [2.24, 2.45) is 11.7 Å². The van der Waals surface area contributed by atoms with Crippen LogP contribution in [0.3, 0.4) is 0 Å². The van der Waals surface area contributed by atoms with Gasteiger partial charge in [-0.2, -0.15) is 0 Å². The minimum Gasteiger partial charge on any atom is -0.352 e. The van der Waals surface area contributed by atoms with Gasteiger partial charge in [-0.15, -0.1) is 0 Å². The third kappa shape index (κ3) is 3.40. The monoisotopic (exact) mass is 245 g/mol. The Labute approximate surface area is 107 Å². The van der Waals surface area contributed by atoms with E-state index in [0.29, 0.717) is 18.0 Å². The summed E-state index contributed by atoms with van der Waals surface area (Å²) in [4.78, 5) is 16.0. The first-order valence-electron chi connectivity index (χ1n) is 6.38. The van der Waals surface area contributed by atoms with E-state index < -0.39 is 0 Å². The topological polar surface area (TPSA) is 68.0 Å². The first kappa shape index (κ1) is 12.8. The number of pyridine rings is 1. The lowest BCUT2D eigenvalue weighted by molar-refractivity contribution is 0.0946. The van der Waals surface area contributed by atoms with Crippen LogP contribution < -0.4 is 11.1 Å². The molecule has 1 aliphatic rings. The summed E-state index contributed by atoms with van der Waals surface area (Å²) in [5.41, 5.74) is 6.88. The highest BCUT2D eigenvalue weighted by atomic mass is 16.1. The van der Waals surface area contributed by atoms with Gasteiger partial charge in [0, 0.05) is 24.8 Å². The zero-order valence-electron chi connectivity index (χ0n) is 10.4. The van der Waals surface area contributed by atoms with Crippen molar-refractivity contribution >= 4 is 5.91 Å². The fourth-order valence-electron chi connectivity index (χ4n) is 2.11. The molecule has 0 aromatic carbocycles. The summed E-state index contributed by atoms with van der Waals surface area (Å²) in [5, 5.41) is 2.98. The average molecular weight is 245 g/mol. The molecule has 18 heavy (non-hydrogen) atoms. The molecule has 96 valence electrons. The zero-order chi connectivity index (χ0) is 12.8. The highest BCUT2D eigenvalue weighted by molar-refractivity contribution is 5.94. The molecular weight excluding hydrogens is 226 g/mol. The maximum Gasteiger partial charge on any atom is 0.251 e. The summed E-state index contributed by atoms with van der Waals surface area (Å²) in [7, 11) is 0. The maximum absolute atomic E-state index is 12.0. The molecule has 0 saturated carbocycles. The molecule has 0 fully saturated rings. The summed E-state index contributed by atoms with van der Waals surface area (Å²) in [6, 6.07) is 3.46. The second-order valence-corrected chi connectivity index (χ2v) is 4.60. The fraction of sp³-hybridized carbons (Fsp3) is 0.429. The van der Waals surface area contributed by atoms with Gasteiger partial charge in [-0.3, -0.25) is 9.78 Å².